The van der Waals surface area contributed by atoms with Gasteiger partial charge in [0.2, 0.25) is 5.88 Å². The highest BCUT2D eigenvalue weighted by Crippen LogP contribution is 2.33. The summed E-state index contributed by atoms with van der Waals surface area (Å²) in [4.78, 5) is 11.7. The molecule has 5 heteroatoms. The van der Waals surface area contributed by atoms with Crippen molar-refractivity contribution >= 4 is 11.0 Å². The van der Waals surface area contributed by atoms with Gasteiger partial charge in [-0.1, -0.05) is 0 Å². The molecule has 0 aliphatic heterocycles. The Morgan fingerprint density at radius 3 is 2.94 bits per heavy atom. The van der Waals surface area contributed by atoms with Gasteiger partial charge in [-0.05, 0) is 19.1 Å². The van der Waals surface area contributed by atoms with E-state index < -0.39 is 0 Å². The molecular formula is C12H11N3O2. The number of furan rings is 1. The van der Waals surface area contributed by atoms with Gasteiger partial charge in [0.15, 0.2) is 0 Å². The second-order valence-electron chi connectivity index (χ2n) is 3.68. The molecule has 86 valence electrons. The number of methoxy groups -OCH3 is 1. The fraction of sp³-hybridized carbons (Fsp3) is 0.167. The standard InChI is InChI=1S/C12H11N3O2/c1-7-14-11-10(12(15-7)16-2)8(6-13-11)9-4-3-5-17-9/h3-6H,1-2H3,(H,13,14,15). The number of rotatable bonds is 2. The first-order valence-corrected chi connectivity index (χ1v) is 5.23. The lowest BCUT2D eigenvalue weighted by atomic mass is 10.2. The summed E-state index contributed by atoms with van der Waals surface area (Å²) in [5, 5.41) is 0.841. The molecule has 0 unspecified atom stereocenters. The van der Waals surface area contributed by atoms with Gasteiger partial charge in [0, 0.05) is 11.8 Å². The van der Waals surface area contributed by atoms with E-state index in [0.29, 0.717) is 11.7 Å². The third kappa shape index (κ3) is 1.47. The van der Waals surface area contributed by atoms with Crippen LogP contribution in [-0.4, -0.2) is 22.1 Å². The molecular weight excluding hydrogens is 218 g/mol. The van der Waals surface area contributed by atoms with E-state index >= 15 is 0 Å². The first kappa shape index (κ1) is 9.89. The molecule has 1 N–H and O–H groups in total. The molecule has 0 saturated heterocycles. The molecule has 3 aromatic heterocycles. The Kier molecular flexibility index (Phi) is 2.11. The number of nitrogens with one attached hydrogen (secondary N) is 1. The Hall–Kier alpha value is -2.30. The molecule has 0 amide bonds. The minimum absolute atomic E-state index is 0.556. The Morgan fingerprint density at radius 2 is 2.24 bits per heavy atom. The van der Waals surface area contributed by atoms with Gasteiger partial charge in [-0.15, -0.1) is 0 Å². The summed E-state index contributed by atoms with van der Waals surface area (Å²) < 4.78 is 10.7. The second-order valence-corrected chi connectivity index (χ2v) is 3.68. The Labute approximate surface area is 97.5 Å². The van der Waals surface area contributed by atoms with Crippen LogP contribution in [0.25, 0.3) is 22.4 Å². The molecule has 17 heavy (non-hydrogen) atoms. The normalized spacial score (nSPS) is 10.9. The highest BCUT2D eigenvalue weighted by atomic mass is 16.5. The van der Waals surface area contributed by atoms with Crippen molar-refractivity contribution in [2.75, 3.05) is 7.11 Å². The summed E-state index contributed by atoms with van der Waals surface area (Å²) >= 11 is 0. The second kappa shape index (κ2) is 3.62. The van der Waals surface area contributed by atoms with E-state index in [2.05, 4.69) is 15.0 Å². The SMILES string of the molecule is COc1nc(C)nc2[nH]cc(-c3ccco3)c12. The Morgan fingerprint density at radius 1 is 1.35 bits per heavy atom. The van der Waals surface area contributed by atoms with Crippen LogP contribution in [0.3, 0.4) is 0 Å². The zero-order valence-corrected chi connectivity index (χ0v) is 9.52. The van der Waals surface area contributed by atoms with Gasteiger partial charge in [0.05, 0.1) is 18.8 Å². The van der Waals surface area contributed by atoms with Crippen LogP contribution >= 0.6 is 0 Å². The van der Waals surface area contributed by atoms with Gasteiger partial charge in [0.1, 0.15) is 17.2 Å². The molecule has 0 fully saturated rings. The molecule has 0 saturated carbocycles. The molecule has 0 radical (unpaired) electrons. The first-order valence-electron chi connectivity index (χ1n) is 5.23. The third-order valence-corrected chi connectivity index (χ3v) is 2.59. The van der Waals surface area contributed by atoms with Crippen LogP contribution < -0.4 is 4.74 Å². The molecule has 3 rings (SSSR count). The third-order valence-electron chi connectivity index (χ3n) is 2.59. The van der Waals surface area contributed by atoms with Crippen molar-refractivity contribution in [1.82, 2.24) is 15.0 Å². The fourth-order valence-electron chi connectivity index (χ4n) is 1.88. The van der Waals surface area contributed by atoms with E-state index in [1.807, 2.05) is 25.3 Å². The predicted molar refractivity (Wildman–Crippen MR) is 62.9 cm³/mol. The highest BCUT2D eigenvalue weighted by molar-refractivity contribution is 5.95. The van der Waals surface area contributed by atoms with Crippen molar-refractivity contribution in [2.45, 2.75) is 6.92 Å². The summed E-state index contributed by atoms with van der Waals surface area (Å²) in [5.74, 6) is 1.99. The molecule has 0 aliphatic rings. The molecule has 3 aromatic rings. The number of fused-ring (bicyclic) bond motifs is 1. The molecule has 0 atom stereocenters. The smallest absolute Gasteiger partial charge is 0.226 e. The minimum atomic E-state index is 0.556. The molecule has 0 aromatic carbocycles. The first-order chi connectivity index (χ1) is 8.29. The largest absolute Gasteiger partial charge is 0.480 e. The molecule has 3 heterocycles. The number of nitrogens with zero attached hydrogens (tertiary/aromatic N) is 2. The van der Waals surface area contributed by atoms with E-state index in [4.69, 9.17) is 9.15 Å². The quantitative estimate of drug-likeness (QED) is 0.733. The lowest BCUT2D eigenvalue weighted by Crippen LogP contribution is -1.94. The predicted octanol–water partition coefficient (Wildman–Crippen LogP) is 2.53. The number of aromatic nitrogens is 3. The fourth-order valence-corrected chi connectivity index (χ4v) is 1.88. The summed E-state index contributed by atoms with van der Waals surface area (Å²) in [6.07, 6.45) is 3.48. The van der Waals surface area contributed by atoms with Gasteiger partial charge < -0.3 is 14.1 Å². The van der Waals surface area contributed by atoms with Gasteiger partial charge in [-0.25, -0.2) is 4.98 Å². The van der Waals surface area contributed by atoms with Crippen molar-refractivity contribution in [1.29, 1.82) is 0 Å². The van der Waals surface area contributed by atoms with Gasteiger partial charge in [-0.3, -0.25) is 0 Å². The van der Waals surface area contributed by atoms with Crippen molar-refractivity contribution in [3.05, 3.63) is 30.4 Å². The highest BCUT2D eigenvalue weighted by Gasteiger charge is 2.15. The lowest BCUT2D eigenvalue weighted by Gasteiger charge is -2.03. The van der Waals surface area contributed by atoms with Crippen LogP contribution in [0.4, 0.5) is 0 Å². The number of hydrogen-bond acceptors (Lipinski definition) is 4. The summed E-state index contributed by atoms with van der Waals surface area (Å²) in [6.45, 7) is 1.83. The van der Waals surface area contributed by atoms with Crippen LogP contribution in [0.5, 0.6) is 5.88 Å². The van der Waals surface area contributed by atoms with Gasteiger partial charge >= 0.3 is 0 Å². The van der Waals surface area contributed by atoms with E-state index in [9.17, 15) is 0 Å². The number of hydrogen-bond donors (Lipinski definition) is 1. The van der Waals surface area contributed by atoms with E-state index in [0.717, 1.165) is 22.4 Å². The average molecular weight is 229 g/mol. The van der Waals surface area contributed by atoms with E-state index in [-0.39, 0.29) is 0 Å². The zero-order chi connectivity index (χ0) is 11.8. The molecule has 0 bridgehead atoms. The van der Waals surface area contributed by atoms with Crippen LogP contribution in [0.15, 0.2) is 29.0 Å². The minimum Gasteiger partial charge on any atom is -0.480 e. The van der Waals surface area contributed by atoms with Crippen molar-refractivity contribution < 1.29 is 9.15 Å². The topological polar surface area (TPSA) is 63.9 Å². The Balaban J connectivity index is 2.34. The number of aryl methyl sites for hydroxylation is 1. The number of aromatic amines is 1. The molecule has 5 nitrogen and oxygen atoms in total. The summed E-state index contributed by atoms with van der Waals surface area (Å²) in [5.41, 5.74) is 1.66. The maximum Gasteiger partial charge on any atom is 0.226 e. The number of ether oxygens (including phenoxy) is 1. The van der Waals surface area contributed by atoms with E-state index in [1.54, 1.807) is 13.4 Å². The molecule has 0 spiro atoms. The van der Waals surface area contributed by atoms with Gasteiger partial charge in [0.25, 0.3) is 0 Å². The lowest BCUT2D eigenvalue weighted by molar-refractivity contribution is 0.401. The van der Waals surface area contributed by atoms with Gasteiger partial charge in [-0.2, -0.15) is 4.98 Å². The average Bonchev–Trinajstić information content (AvgIpc) is 2.94. The van der Waals surface area contributed by atoms with Crippen molar-refractivity contribution in [3.63, 3.8) is 0 Å². The zero-order valence-electron chi connectivity index (χ0n) is 9.52. The summed E-state index contributed by atoms with van der Waals surface area (Å²) in [7, 11) is 1.60. The molecule has 0 aliphatic carbocycles. The van der Waals surface area contributed by atoms with Crippen molar-refractivity contribution in [2.24, 2.45) is 0 Å². The van der Waals surface area contributed by atoms with Crippen LogP contribution in [0.2, 0.25) is 0 Å². The van der Waals surface area contributed by atoms with Crippen LogP contribution in [-0.2, 0) is 0 Å². The number of H-pyrrole nitrogens is 1. The summed E-state index contributed by atoms with van der Waals surface area (Å²) in [6, 6.07) is 3.73. The van der Waals surface area contributed by atoms with Crippen LogP contribution in [0.1, 0.15) is 5.82 Å². The van der Waals surface area contributed by atoms with E-state index in [1.165, 1.54) is 0 Å². The maximum absolute atomic E-state index is 5.38. The van der Waals surface area contributed by atoms with Crippen LogP contribution in [0, 0.1) is 6.92 Å². The Bertz CT molecular complexity index is 656. The maximum atomic E-state index is 5.38. The van der Waals surface area contributed by atoms with Crippen molar-refractivity contribution in [3.8, 4) is 17.2 Å². The monoisotopic (exact) mass is 229 g/mol.